The SMILES string of the molecule is C/C=C(/NNC(=O)c1ccc(CN(C)S(=O)(=O)c2ccc(C)cc2)cc1)c1cccc(Cl)c1. The highest BCUT2D eigenvalue weighted by atomic mass is 35.5. The van der Waals surface area contributed by atoms with Gasteiger partial charge < -0.3 is 0 Å². The first-order chi connectivity index (χ1) is 15.7. The molecule has 3 aromatic rings. The number of nitrogens with one attached hydrogen (secondary N) is 2. The van der Waals surface area contributed by atoms with Crippen molar-refractivity contribution in [3.05, 3.63) is 106 Å². The third-order valence-electron chi connectivity index (χ3n) is 5.09. The molecule has 0 aliphatic carbocycles. The number of allylic oxidation sites excluding steroid dienone is 1. The minimum atomic E-state index is -3.60. The summed E-state index contributed by atoms with van der Waals surface area (Å²) in [4.78, 5) is 12.8. The predicted octanol–water partition coefficient (Wildman–Crippen LogP) is 4.76. The van der Waals surface area contributed by atoms with Gasteiger partial charge >= 0.3 is 0 Å². The molecular weight excluding hydrogens is 458 g/mol. The number of hydrogen-bond acceptors (Lipinski definition) is 4. The molecule has 0 atom stereocenters. The Morgan fingerprint density at radius 2 is 1.64 bits per heavy atom. The first-order valence-corrected chi connectivity index (χ1v) is 12.1. The molecule has 0 radical (unpaired) electrons. The Kier molecular flexibility index (Phi) is 7.92. The van der Waals surface area contributed by atoms with E-state index in [9.17, 15) is 13.2 Å². The fourth-order valence-corrected chi connectivity index (χ4v) is 4.51. The summed E-state index contributed by atoms with van der Waals surface area (Å²) in [6.45, 7) is 3.95. The zero-order valence-electron chi connectivity index (χ0n) is 18.7. The van der Waals surface area contributed by atoms with Crippen LogP contribution in [0.5, 0.6) is 0 Å². The van der Waals surface area contributed by atoms with Crippen molar-refractivity contribution in [3.8, 4) is 0 Å². The van der Waals surface area contributed by atoms with Crippen LogP contribution >= 0.6 is 11.6 Å². The quantitative estimate of drug-likeness (QED) is 0.452. The average Bonchev–Trinajstić information content (AvgIpc) is 2.80. The zero-order chi connectivity index (χ0) is 24.0. The Morgan fingerprint density at radius 3 is 2.24 bits per heavy atom. The molecule has 0 saturated heterocycles. The molecule has 0 bridgehead atoms. The molecule has 6 nitrogen and oxygen atoms in total. The van der Waals surface area contributed by atoms with Crippen LogP contribution in [-0.2, 0) is 16.6 Å². The lowest BCUT2D eigenvalue weighted by atomic mass is 10.1. The van der Waals surface area contributed by atoms with Crippen molar-refractivity contribution in [2.24, 2.45) is 0 Å². The van der Waals surface area contributed by atoms with Gasteiger partial charge in [-0.2, -0.15) is 4.31 Å². The number of amides is 1. The summed E-state index contributed by atoms with van der Waals surface area (Å²) < 4.78 is 26.8. The maximum absolute atomic E-state index is 12.8. The van der Waals surface area contributed by atoms with Gasteiger partial charge in [-0.3, -0.25) is 15.6 Å². The van der Waals surface area contributed by atoms with Crippen LogP contribution in [0, 0.1) is 6.92 Å². The molecule has 0 aromatic heterocycles. The van der Waals surface area contributed by atoms with Gasteiger partial charge in [0.25, 0.3) is 5.91 Å². The lowest BCUT2D eigenvalue weighted by Gasteiger charge is -2.18. The molecule has 0 spiro atoms. The van der Waals surface area contributed by atoms with E-state index in [2.05, 4.69) is 10.9 Å². The number of carbonyl (C=O) groups is 1. The monoisotopic (exact) mass is 483 g/mol. The number of halogens is 1. The Labute approximate surface area is 199 Å². The van der Waals surface area contributed by atoms with E-state index in [-0.39, 0.29) is 17.3 Å². The Hall–Kier alpha value is -3.13. The standard InChI is InChI=1S/C25H26ClN3O3S/c1-4-24(21-6-5-7-22(26)16-21)27-28-25(30)20-12-10-19(11-13-20)17-29(3)33(31,32)23-14-8-18(2)9-15-23/h4-16,27H,17H2,1-3H3,(H,28,30)/b24-4+. The smallest absolute Gasteiger partial charge is 0.269 e. The van der Waals surface area contributed by atoms with Crippen LogP contribution in [0.3, 0.4) is 0 Å². The van der Waals surface area contributed by atoms with Gasteiger partial charge in [0.2, 0.25) is 10.0 Å². The second kappa shape index (κ2) is 10.7. The summed E-state index contributed by atoms with van der Waals surface area (Å²) in [6, 6.07) is 20.8. The molecule has 2 N–H and O–H groups in total. The van der Waals surface area contributed by atoms with Crippen LogP contribution < -0.4 is 10.9 Å². The lowest BCUT2D eigenvalue weighted by molar-refractivity contribution is 0.0942. The largest absolute Gasteiger partial charge is 0.298 e. The second-order valence-electron chi connectivity index (χ2n) is 7.56. The molecule has 33 heavy (non-hydrogen) atoms. The highest BCUT2D eigenvalue weighted by molar-refractivity contribution is 7.89. The maximum atomic E-state index is 12.8. The number of benzene rings is 3. The van der Waals surface area contributed by atoms with Crippen LogP contribution in [-0.4, -0.2) is 25.7 Å². The number of aryl methyl sites for hydroxylation is 1. The summed E-state index contributed by atoms with van der Waals surface area (Å²) in [5.41, 5.74) is 9.35. The molecular formula is C25H26ClN3O3S. The van der Waals surface area contributed by atoms with Crippen LogP contribution in [0.15, 0.2) is 83.8 Å². The zero-order valence-corrected chi connectivity index (χ0v) is 20.2. The molecule has 3 rings (SSSR count). The van der Waals surface area contributed by atoms with E-state index in [0.717, 1.165) is 16.7 Å². The van der Waals surface area contributed by atoms with Gasteiger partial charge in [-0.1, -0.05) is 59.6 Å². The molecule has 8 heteroatoms. The van der Waals surface area contributed by atoms with Gasteiger partial charge in [0.1, 0.15) is 0 Å². The van der Waals surface area contributed by atoms with Crippen molar-refractivity contribution in [3.63, 3.8) is 0 Å². The third kappa shape index (κ3) is 6.22. The van der Waals surface area contributed by atoms with Gasteiger partial charge in [-0.25, -0.2) is 8.42 Å². The average molecular weight is 484 g/mol. The van der Waals surface area contributed by atoms with E-state index in [0.29, 0.717) is 16.3 Å². The van der Waals surface area contributed by atoms with Crippen molar-refractivity contribution >= 4 is 33.2 Å². The van der Waals surface area contributed by atoms with Crippen LogP contribution in [0.4, 0.5) is 0 Å². The molecule has 3 aromatic carbocycles. The topological polar surface area (TPSA) is 78.5 Å². The summed E-state index contributed by atoms with van der Waals surface area (Å²) >= 11 is 6.04. The molecule has 0 fully saturated rings. The predicted molar refractivity (Wildman–Crippen MR) is 132 cm³/mol. The summed E-state index contributed by atoms with van der Waals surface area (Å²) in [6.07, 6.45) is 1.83. The minimum Gasteiger partial charge on any atom is -0.298 e. The fraction of sp³-hybridized carbons (Fsp3) is 0.160. The van der Waals surface area contributed by atoms with Gasteiger partial charge in [0.05, 0.1) is 10.6 Å². The molecule has 0 aliphatic rings. The van der Waals surface area contributed by atoms with Crippen LogP contribution in [0.2, 0.25) is 5.02 Å². The summed E-state index contributed by atoms with van der Waals surface area (Å²) in [5, 5.41) is 0.602. The molecule has 0 aliphatic heterocycles. The first-order valence-electron chi connectivity index (χ1n) is 10.3. The number of carbonyl (C=O) groups excluding carboxylic acids is 1. The Balaban J connectivity index is 1.62. The van der Waals surface area contributed by atoms with Crippen LogP contribution in [0.1, 0.15) is 34.0 Å². The van der Waals surface area contributed by atoms with E-state index in [1.807, 2.05) is 32.1 Å². The highest BCUT2D eigenvalue weighted by Crippen LogP contribution is 2.18. The molecule has 0 heterocycles. The Bertz CT molecular complexity index is 1250. The van der Waals surface area contributed by atoms with E-state index in [1.165, 1.54) is 11.4 Å². The van der Waals surface area contributed by atoms with Gasteiger partial charge in [0.15, 0.2) is 0 Å². The van der Waals surface area contributed by atoms with Crippen molar-refractivity contribution in [1.29, 1.82) is 0 Å². The Morgan fingerprint density at radius 1 is 0.970 bits per heavy atom. The van der Waals surface area contributed by atoms with Gasteiger partial charge in [-0.15, -0.1) is 0 Å². The van der Waals surface area contributed by atoms with Crippen molar-refractivity contribution < 1.29 is 13.2 Å². The van der Waals surface area contributed by atoms with Gasteiger partial charge in [-0.05, 0) is 55.8 Å². The molecule has 172 valence electrons. The van der Waals surface area contributed by atoms with Crippen molar-refractivity contribution in [1.82, 2.24) is 15.2 Å². The van der Waals surface area contributed by atoms with Crippen molar-refractivity contribution in [2.75, 3.05) is 7.05 Å². The third-order valence-corrected chi connectivity index (χ3v) is 7.14. The van der Waals surface area contributed by atoms with Crippen molar-refractivity contribution in [2.45, 2.75) is 25.3 Å². The second-order valence-corrected chi connectivity index (χ2v) is 10.0. The molecule has 0 saturated carbocycles. The highest BCUT2D eigenvalue weighted by Gasteiger charge is 2.20. The fourth-order valence-electron chi connectivity index (χ4n) is 3.16. The molecule has 1 amide bonds. The summed E-state index contributed by atoms with van der Waals surface area (Å²) in [7, 11) is -2.07. The first kappa shape index (κ1) is 24.5. The summed E-state index contributed by atoms with van der Waals surface area (Å²) in [5.74, 6) is -0.316. The number of nitrogens with zero attached hydrogens (tertiary/aromatic N) is 1. The molecule has 0 unspecified atom stereocenters. The number of hydrazine groups is 1. The number of hydrogen-bond donors (Lipinski definition) is 2. The van der Waals surface area contributed by atoms with E-state index >= 15 is 0 Å². The van der Waals surface area contributed by atoms with E-state index in [1.54, 1.807) is 60.7 Å². The van der Waals surface area contributed by atoms with Gasteiger partial charge in [0, 0.05) is 29.7 Å². The lowest BCUT2D eigenvalue weighted by Crippen LogP contribution is -2.36. The maximum Gasteiger partial charge on any atom is 0.269 e. The van der Waals surface area contributed by atoms with Crippen LogP contribution in [0.25, 0.3) is 5.70 Å². The van der Waals surface area contributed by atoms with E-state index < -0.39 is 10.0 Å². The number of sulfonamides is 1. The normalized spacial score (nSPS) is 12.0. The van der Waals surface area contributed by atoms with E-state index in [4.69, 9.17) is 11.6 Å². The minimum absolute atomic E-state index is 0.188. The number of rotatable bonds is 8.